The molecule has 0 saturated carbocycles. The van der Waals surface area contributed by atoms with E-state index in [2.05, 4.69) is 9.88 Å². The van der Waals surface area contributed by atoms with Gasteiger partial charge in [-0.15, -0.1) is 0 Å². The first-order valence-electron chi connectivity index (χ1n) is 12.0. The second kappa shape index (κ2) is 10.4. The molecule has 2 aliphatic heterocycles. The number of benzene rings is 1. The number of aliphatic hydroxyl groups is 1. The average molecular weight is 544 g/mol. The first-order valence-corrected chi connectivity index (χ1v) is 13.4. The third kappa shape index (κ3) is 5.70. The van der Waals surface area contributed by atoms with Gasteiger partial charge in [0, 0.05) is 50.6 Å². The Hall–Kier alpha value is -2.45. The van der Waals surface area contributed by atoms with Gasteiger partial charge in [-0.1, -0.05) is 12.1 Å². The Labute approximate surface area is 214 Å². The van der Waals surface area contributed by atoms with Crippen LogP contribution < -0.4 is 10.6 Å². The van der Waals surface area contributed by atoms with Crippen molar-refractivity contribution in [2.24, 2.45) is 0 Å². The number of halogens is 3. The molecule has 0 radical (unpaired) electrons. The van der Waals surface area contributed by atoms with E-state index in [1.807, 2.05) is 11.8 Å². The van der Waals surface area contributed by atoms with Gasteiger partial charge in [-0.2, -0.15) is 17.5 Å². The Morgan fingerprint density at radius 1 is 1.14 bits per heavy atom. The normalized spacial score (nSPS) is 24.1. The molecule has 0 bridgehead atoms. The molecule has 13 heteroatoms. The van der Waals surface area contributed by atoms with E-state index in [1.54, 1.807) is 12.1 Å². The van der Waals surface area contributed by atoms with E-state index in [0.717, 1.165) is 6.92 Å². The number of alkyl halides is 3. The van der Waals surface area contributed by atoms with Crippen molar-refractivity contribution in [1.82, 2.24) is 14.2 Å². The van der Waals surface area contributed by atoms with Gasteiger partial charge >= 0.3 is 6.18 Å². The lowest BCUT2D eigenvalue weighted by Crippen LogP contribution is -2.60. The topological polar surface area (TPSA) is 112 Å². The number of aromatic nitrogens is 1. The summed E-state index contributed by atoms with van der Waals surface area (Å²) in [5.41, 5.74) is 3.02. The van der Waals surface area contributed by atoms with Crippen molar-refractivity contribution < 1.29 is 31.4 Å². The molecule has 37 heavy (non-hydrogen) atoms. The summed E-state index contributed by atoms with van der Waals surface area (Å²) in [6.45, 7) is 5.81. The van der Waals surface area contributed by atoms with E-state index in [-0.39, 0.29) is 41.4 Å². The van der Waals surface area contributed by atoms with Gasteiger partial charge in [0.1, 0.15) is 10.7 Å². The van der Waals surface area contributed by atoms with Crippen LogP contribution in [0.5, 0.6) is 0 Å². The van der Waals surface area contributed by atoms with Crippen LogP contribution in [0, 0.1) is 0 Å². The smallest absolute Gasteiger partial charge is 0.384 e. The zero-order chi connectivity index (χ0) is 27.0. The Bertz CT molecular complexity index is 1180. The molecule has 3 atom stereocenters. The molecular formula is C24H32F3N5O4S. The number of nitrogen functional groups attached to an aromatic ring is 1. The van der Waals surface area contributed by atoms with Gasteiger partial charge in [-0.05, 0) is 43.7 Å². The fraction of sp³-hybridized carbons (Fsp3) is 0.542. The van der Waals surface area contributed by atoms with E-state index >= 15 is 0 Å². The lowest BCUT2D eigenvalue weighted by Gasteiger charge is -2.45. The van der Waals surface area contributed by atoms with E-state index in [4.69, 9.17) is 10.5 Å². The molecular weight excluding hydrogens is 511 g/mol. The standard InChI is InChI=1S/C24H32F3N5O4S/c1-17-16-36-12-11-30(17)14-20-15-31(37(34,35)21-7-8-22(28)29-13-21)9-10-32(20)19-5-3-18(4-6-19)23(2,33)24(25,26)27/h3-8,13,17,20,33H,9-12,14-16H2,1-2H3,(H2,28,29)/t17-,20-,23-/m0/s1. The van der Waals surface area contributed by atoms with Crippen LogP contribution >= 0.6 is 0 Å². The summed E-state index contributed by atoms with van der Waals surface area (Å²) >= 11 is 0. The van der Waals surface area contributed by atoms with Crippen molar-refractivity contribution in [1.29, 1.82) is 0 Å². The third-order valence-electron chi connectivity index (χ3n) is 7.11. The number of pyridine rings is 1. The second-order valence-corrected chi connectivity index (χ2v) is 11.6. The molecule has 2 saturated heterocycles. The van der Waals surface area contributed by atoms with Gasteiger partial charge in [0.2, 0.25) is 10.0 Å². The maximum Gasteiger partial charge on any atom is 0.421 e. The number of nitrogens with zero attached hydrogens (tertiary/aromatic N) is 4. The van der Waals surface area contributed by atoms with E-state index in [1.165, 1.54) is 34.8 Å². The highest BCUT2D eigenvalue weighted by molar-refractivity contribution is 7.89. The maximum atomic E-state index is 13.4. The quantitative estimate of drug-likeness (QED) is 0.570. The van der Waals surface area contributed by atoms with Crippen LogP contribution in [0.2, 0.25) is 0 Å². The molecule has 0 spiro atoms. The predicted molar refractivity (Wildman–Crippen MR) is 132 cm³/mol. The average Bonchev–Trinajstić information content (AvgIpc) is 2.85. The number of sulfonamides is 1. The predicted octanol–water partition coefficient (Wildman–Crippen LogP) is 2.03. The Balaban J connectivity index is 1.61. The summed E-state index contributed by atoms with van der Waals surface area (Å²) < 4.78 is 73.5. The van der Waals surface area contributed by atoms with Crippen LogP contribution in [0.3, 0.4) is 0 Å². The van der Waals surface area contributed by atoms with E-state index in [9.17, 15) is 26.7 Å². The molecule has 4 rings (SSSR count). The molecule has 3 N–H and O–H groups in total. The highest BCUT2D eigenvalue weighted by Crippen LogP contribution is 2.39. The Kier molecular flexibility index (Phi) is 7.73. The molecule has 0 aliphatic carbocycles. The minimum absolute atomic E-state index is 0.0485. The number of morpholine rings is 1. The summed E-state index contributed by atoms with van der Waals surface area (Å²) in [5.74, 6) is 0.218. The molecule has 2 aliphatic rings. The molecule has 204 valence electrons. The summed E-state index contributed by atoms with van der Waals surface area (Å²) in [5, 5.41) is 10.0. The van der Waals surface area contributed by atoms with Crippen molar-refractivity contribution in [3.63, 3.8) is 0 Å². The molecule has 0 unspecified atom stereocenters. The lowest BCUT2D eigenvalue weighted by atomic mass is 9.95. The number of piperazine rings is 1. The summed E-state index contributed by atoms with van der Waals surface area (Å²) in [4.78, 5) is 8.20. The lowest BCUT2D eigenvalue weighted by molar-refractivity contribution is -0.258. The Morgan fingerprint density at radius 3 is 2.43 bits per heavy atom. The number of hydrogen-bond donors (Lipinski definition) is 2. The number of anilines is 2. The van der Waals surface area contributed by atoms with Crippen molar-refractivity contribution in [2.75, 3.05) is 56.6 Å². The van der Waals surface area contributed by atoms with Crippen molar-refractivity contribution in [3.05, 3.63) is 48.2 Å². The van der Waals surface area contributed by atoms with Crippen molar-refractivity contribution in [2.45, 2.75) is 42.6 Å². The summed E-state index contributed by atoms with van der Waals surface area (Å²) in [7, 11) is -3.83. The van der Waals surface area contributed by atoms with Crippen LogP contribution in [-0.2, 0) is 20.4 Å². The highest BCUT2D eigenvalue weighted by Gasteiger charge is 2.51. The van der Waals surface area contributed by atoms with Crippen molar-refractivity contribution >= 4 is 21.5 Å². The SMILES string of the molecule is C[C@H]1COCCN1C[C@H]1CN(S(=O)(=O)c2ccc(N)nc2)CCN1c1ccc([C@](C)(O)C(F)(F)F)cc1. The fourth-order valence-electron chi connectivity index (χ4n) is 4.68. The number of nitrogens with two attached hydrogens (primary N) is 1. The van der Waals surface area contributed by atoms with E-state index in [0.29, 0.717) is 38.5 Å². The number of rotatable bonds is 6. The molecule has 2 aromatic rings. The minimum atomic E-state index is -4.82. The summed E-state index contributed by atoms with van der Waals surface area (Å²) in [6, 6.07) is 8.33. The van der Waals surface area contributed by atoms with Crippen LogP contribution in [0.4, 0.5) is 24.7 Å². The van der Waals surface area contributed by atoms with Crippen molar-refractivity contribution in [3.8, 4) is 0 Å². The van der Waals surface area contributed by atoms with Gasteiger partial charge < -0.3 is 20.5 Å². The molecule has 9 nitrogen and oxygen atoms in total. The third-order valence-corrected chi connectivity index (χ3v) is 8.95. The minimum Gasteiger partial charge on any atom is -0.384 e. The van der Waals surface area contributed by atoms with Crippen LogP contribution in [0.1, 0.15) is 19.4 Å². The summed E-state index contributed by atoms with van der Waals surface area (Å²) in [6.07, 6.45) is -3.58. The number of hydrogen-bond acceptors (Lipinski definition) is 8. The highest BCUT2D eigenvalue weighted by atomic mass is 32.2. The monoisotopic (exact) mass is 543 g/mol. The number of ether oxygens (including phenoxy) is 1. The first kappa shape index (κ1) is 27.6. The largest absolute Gasteiger partial charge is 0.421 e. The second-order valence-electron chi connectivity index (χ2n) is 9.66. The zero-order valence-corrected chi connectivity index (χ0v) is 21.5. The van der Waals surface area contributed by atoms with Gasteiger partial charge in [0.05, 0.1) is 19.3 Å². The van der Waals surface area contributed by atoms with Gasteiger partial charge in [0.15, 0.2) is 5.60 Å². The molecule has 1 aromatic heterocycles. The molecule has 2 fully saturated rings. The maximum absolute atomic E-state index is 13.4. The van der Waals surface area contributed by atoms with Crippen LogP contribution in [0.25, 0.3) is 0 Å². The zero-order valence-electron chi connectivity index (χ0n) is 20.7. The van der Waals surface area contributed by atoms with Gasteiger partial charge in [-0.25, -0.2) is 13.4 Å². The fourth-order valence-corrected chi connectivity index (χ4v) is 6.09. The van der Waals surface area contributed by atoms with Crippen LogP contribution in [-0.4, -0.2) is 91.9 Å². The molecule has 1 aromatic carbocycles. The van der Waals surface area contributed by atoms with Crippen LogP contribution in [0.15, 0.2) is 47.5 Å². The van der Waals surface area contributed by atoms with Gasteiger partial charge in [-0.3, -0.25) is 4.90 Å². The first-order chi connectivity index (χ1) is 17.3. The molecule has 3 heterocycles. The van der Waals surface area contributed by atoms with E-state index < -0.39 is 21.8 Å². The van der Waals surface area contributed by atoms with Gasteiger partial charge in [0.25, 0.3) is 0 Å². The Morgan fingerprint density at radius 2 is 1.84 bits per heavy atom. The molecule has 0 amide bonds.